The second-order valence-corrected chi connectivity index (χ2v) is 5.27. The first kappa shape index (κ1) is 18.7. The molecule has 0 aromatic heterocycles. The van der Waals surface area contributed by atoms with Gasteiger partial charge in [-0.05, 0) is 6.42 Å². The third-order valence-electron chi connectivity index (χ3n) is 2.71. The highest BCUT2D eigenvalue weighted by Gasteiger charge is 2.20. The molecule has 0 unspecified atom stereocenters. The zero-order chi connectivity index (χ0) is 14.6. The van der Waals surface area contributed by atoms with Crippen molar-refractivity contribution in [3.05, 3.63) is 0 Å². The van der Waals surface area contributed by atoms with Gasteiger partial charge in [-0.25, -0.2) is 0 Å². The Morgan fingerprint density at radius 2 is 1.32 bits per heavy atom. The Balaban J connectivity index is 3.21. The first-order chi connectivity index (χ1) is 9.00. The summed E-state index contributed by atoms with van der Waals surface area (Å²) in [7, 11) is 1.65. The van der Waals surface area contributed by atoms with Gasteiger partial charge in [0.1, 0.15) is 0 Å². The molecule has 19 heavy (non-hydrogen) atoms. The molecule has 0 rings (SSSR count). The lowest BCUT2D eigenvalue weighted by molar-refractivity contribution is 0.00178. The fourth-order valence-corrected chi connectivity index (χ4v) is 1.24. The van der Waals surface area contributed by atoms with E-state index in [9.17, 15) is 0 Å². The molecule has 2 N–H and O–H groups in total. The molecule has 0 bridgehead atoms. The third-order valence-corrected chi connectivity index (χ3v) is 3.27. The fourth-order valence-electron chi connectivity index (χ4n) is 1.13. The summed E-state index contributed by atoms with van der Waals surface area (Å²) in [5.41, 5.74) is 5.48. The minimum atomic E-state index is -0.147. The standard InChI is InChI=1S/C13H27NO4S/c1-13(2,12(14)19)4-5-16-8-9-18-11-10-17-7-6-15-3/h4-11H2,1-3H3,(H2,14,19). The lowest BCUT2D eigenvalue weighted by atomic mass is 9.90. The van der Waals surface area contributed by atoms with Crippen molar-refractivity contribution in [3.8, 4) is 0 Å². The summed E-state index contributed by atoms with van der Waals surface area (Å²) < 4.78 is 20.9. The van der Waals surface area contributed by atoms with Crippen molar-refractivity contribution in [2.24, 2.45) is 11.1 Å². The smallest absolute Gasteiger partial charge is 0.0785 e. The highest BCUT2D eigenvalue weighted by Crippen LogP contribution is 2.20. The normalized spacial score (nSPS) is 11.7. The number of ether oxygens (including phenoxy) is 4. The van der Waals surface area contributed by atoms with Gasteiger partial charge in [-0.2, -0.15) is 0 Å². The maximum Gasteiger partial charge on any atom is 0.0785 e. The molecule has 0 aliphatic heterocycles. The Kier molecular flexibility index (Phi) is 11.4. The van der Waals surface area contributed by atoms with Crippen LogP contribution in [0.4, 0.5) is 0 Å². The molecule has 0 aromatic rings. The van der Waals surface area contributed by atoms with E-state index >= 15 is 0 Å². The van der Waals surface area contributed by atoms with Crippen molar-refractivity contribution in [2.75, 3.05) is 53.4 Å². The van der Waals surface area contributed by atoms with Crippen LogP contribution in [0.1, 0.15) is 20.3 Å². The molecule has 0 aliphatic carbocycles. The highest BCUT2D eigenvalue weighted by molar-refractivity contribution is 7.80. The van der Waals surface area contributed by atoms with E-state index in [1.54, 1.807) is 7.11 Å². The van der Waals surface area contributed by atoms with Gasteiger partial charge >= 0.3 is 0 Å². The molecule has 0 amide bonds. The van der Waals surface area contributed by atoms with Gasteiger partial charge < -0.3 is 24.7 Å². The van der Waals surface area contributed by atoms with Gasteiger partial charge in [-0.3, -0.25) is 0 Å². The van der Waals surface area contributed by atoms with Crippen molar-refractivity contribution in [3.63, 3.8) is 0 Å². The predicted octanol–water partition coefficient (Wildman–Crippen LogP) is 1.39. The van der Waals surface area contributed by atoms with Crippen molar-refractivity contribution >= 4 is 17.2 Å². The van der Waals surface area contributed by atoms with Crippen LogP contribution in [0.2, 0.25) is 0 Å². The van der Waals surface area contributed by atoms with Crippen LogP contribution in [0, 0.1) is 5.41 Å². The largest absolute Gasteiger partial charge is 0.393 e. The third kappa shape index (κ3) is 11.3. The maximum absolute atomic E-state index is 5.63. The van der Waals surface area contributed by atoms with Crippen molar-refractivity contribution < 1.29 is 18.9 Å². The summed E-state index contributed by atoms with van der Waals surface area (Å²) in [6.07, 6.45) is 0.822. The summed E-state index contributed by atoms with van der Waals surface area (Å²) in [5.74, 6) is 0. The Morgan fingerprint density at radius 1 is 0.895 bits per heavy atom. The minimum absolute atomic E-state index is 0.147. The summed E-state index contributed by atoms with van der Waals surface area (Å²) in [6, 6.07) is 0. The molecular weight excluding hydrogens is 266 g/mol. The van der Waals surface area contributed by atoms with Gasteiger partial charge in [-0.15, -0.1) is 0 Å². The van der Waals surface area contributed by atoms with Crippen LogP contribution >= 0.6 is 12.2 Å². The molecule has 114 valence electrons. The van der Waals surface area contributed by atoms with Crippen LogP contribution < -0.4 is 5.73 Å². The molecule has 0 heterocycles. The first-order valence-electron chi connectivity index (χ1n) is 6.53. The summed E-state index contributed by atoms with van der Waals surface area (Å²) in [6.45, 7) is 8.19. The molecule has 0 spiro atoms. The van der Waals surface area contributed by atoms with E-state index in [-0.39, 0.29) is 5.41 Å². The van der Waals surface area contributed by atoms with Crippen LogP contribution in [0.5, 0.6) is 0 Å². The van der Waals surface area contributed by atoms with Crippen molar-refractivity contribution in [1.29, 1.82) is 0 Å². The van der Waals surface area contributed by atoms with Crippen LogP contribution in [-0.4, -0.2) is 58.3 Å². The Morgan fingerprint density at radius 3 is 1.74 bits per heavy atom. The molecule has 0 saturated heterocycles. The highest BCUT2D eigenvalue weighted by atomic mass is 32.1. The number of hydrogen-bond donors (Lipinski definition) is 1. The zero-order valence-corrected chi connectivity index (χ0v) is 13.1. The molecule has 0 fully saturated rings. The molecule has 5 nitrogen and oxygen atoms in total. The van der Waals surface area contributed by atoms with Gasteiger partial charge in [0.05, 0.1) is 44.6 Å². The minimum Gasteiger partial charge on any atom is -0.393 e. The summed E-state index contributed by atoms with van der Waals surface area (Å²) in [4.78, 5) is 0.528. The number of nitrogens with two attached hydrogens (primary N) is 1. The molecule has 0 aromatic carbocycles. The monoisotopic (exact) mass is 293 g/mol. The van der Waals surface area contributed by atoms with Gasteiger partial charge in [0.25, 0.3) is 0 Å². The molecule has 6 heteroatoms. The van der Waals surface area contributed by atoms with Gasteiger partial charge in [-0.1, -0.05) is 26.1 Å². The number of hydrogen-bond acceptors (Lipinski definition) is 5. The lowest BCUT2D eigenvalue weighted by Gasteiger charge is -2.22. The van der Waals surface area contributed by atoms with Gasteiger partial charge in [0.15, 0.2) is 0 Å². The van der Waals surface area contributed by atoms with Crippen LogP contribution in [-0.2, 0) is 18.9 Å². The quantitative estimate of drug-likeness (QED) is 0.409. The Hall–Kier alpha value is -0.270. The molecule has 0 aliphatic rings. The fraction of sp³-hybridized carbons (Fsp3) is 0.923. The van der Waals surface area contributed by atoms with E-state index < -0.39 is 0 Å². The first-order valence-corrected chi connectivity index (χ1v) is 6.93. The van der Waals surface area contributed by atoms with E-state index in [0.29, 0.717) is 51.2 Å². The molecular formula is C13H27NO4S. The van der Waals surface area contributed by atoms with E-state index in [1.807, 2.05) is 13.8 Å². The molecule has 0 saturated carbocycles. The molecule has 0 atom stereocenters. The number of methoxy groups -OCH3 is 1. The Bertz CT molecular complexity index is 237. The maximum atomic E-state index is 5.63. The van der Waals surface area contributed by atoms with E-state index in [4.69, 9.17) is 36.9 Å². The number of thiocarbonyl (C=S) groups is 1. The topological polar surface area (TPSA) is 62.9 Å². The second kappa shape index (κ2) is 11.5. The van der Waals surface area contributed by atoms with Gasteiger partial charge in [0.2, 0.25) is 0 Å². The van der Waals surface area contributed by atoms with Crippen molar-refractivity contribution in [1.82, 2.24) is 0 Å². The summed E-state index contributed by atoms with van der Waals surface area (Å²) in [5, 5.41) is 0. The van der Waals surface area contributed by atoms with Crippen LogP contribution in [0.25, 0.3) is 0 Å². The van der Waals surface area contributed by atoms with E-state index in [2.05, 4.69) is 0 Å². The lowest BCUT2D eigenvalue weighted by Crippen LogP contribution is -2.31. The van der Waals surface area contributed by atoms with Crippen molar-refractivity contribution in [2.45, 2.75) is 20.3 Å². The van der Waals surface area contributed by atoms with Gasteiger partial charge in [0, 0.05) is 19.1 Å². The average molecular weight is 293 g/mol. The zero-order valence-electron chi connectivity index (χ0n) is 12.3. The van der Waals surface area contributed by atoms with E-state index in [0.717, 1.165) is 6.42 Å². The SMILES string of the molecule is COCCOCCOCCOCCC(C)(C)C(N)=S. The second-order valence-electron chi connectivity index (χ2n) is 4.83. The summed E-state index contributed by atoms with van der Waals surface area (Å²) >= 11 is 4.99. The average Bonchev–Trinajstić information content (AvgIpc) is 2.35. The predicted molar refractivity (Wildman–Crippen MR) is 79.5 cm³/mol. The molecule has 0 radical (unpaired) electrons. The van der Waals surface area contributed by atoms with Crippen LogP contribution in [0.3, 0.4) is 0 Å². The van der Waals surface area contributed by atoms with E-state index in [1.165, 1.54) is 0 Å². The number of rotatable bonds is 13. The van der Waals surface area contributed by atoms with Crippen LogP contribution in [0.15, 0.2) is 0 Å². The Labute approximate surface area is 121 Å².